The Hall–Kier alpha value is -1.04. The molecule has 0 saturated carbocycles. The molecule has 0 fully saturated rings. The van der Waals surface area contributed by atoms with E-state index in [2.05, 4.69) is 15.6 Å². The number of nitrogens with two attached hydrogens (primary N) is 4. The van der Waals surface area contributed by atoms with Crippen molar-refractivity contribution in [1.82, 2.24) is 10.6 Å². The summed E-state index contributed by atoms with van der Waals surface area (Å²) in [4.78, 5) is 28.2. The van der Waals surface area contributed by atoms with Gasteiger partial charge in [-0.05, 0) is 52.0 Å². The van der Waals surface area contributed by atoms with Crippen LogP contribution in [0.4, 0.5) is 0 Å². The van der Waals surface area contributed by atoms with Crippen molar-refractivity contribution in [2.24, 2.45) is 27.9 Å². The third-order valence-corrected chi connectivity index (χ3v) is 4.30. The molecular formula is C19H44Cl3N7O3. The van der Waals surface area contributed by atoms with E-state index in [9.17, 15) is 9.59 Å². The average molecular weight is 525 g/mol. The first kappa shape index (κ1) is 38.2. The van der Waals surface area contributed by atoms with Crippen LogP contribution in [-0.2, 0) is 14.3 Å². The van der Waals surface area contributed by atoms with Gasteiger partial charge < -0.3 is 38.3 Å². The molecule has 2 amide bonds. The summed E-state index contributed by atoms with van der Waals surface area (Å²) in [7, 11) is 0. The van der Waals surface area contributed by atoms with Crippen molar-refractivity contribution in [3.8, 4) is 0 Å². The average Bonchev–Trinajstić information content (AvgIpc) is 2.68. The summed E-state index contributed by atoms with van der Waals surface area (Å²) in [6, 6.07) is 0.0947. The minimum Gasteiger partial charge on any atom is -0.370 e. The highest BCUT2D eigenvalue weighted by atomic mass is 35.5. The van der Waals surface area contributed by atoms with Gasteiger partial charge in [0.25, 0.3) is 5.91 Å². The van der Waals surface area contributed by atoms with E-state index in [4.69, 9.17) is 27.7 Å². The first-order valence-electron chi connectivity index (χ1n) is 10.6. The van der Waals surface area contributed by atoms with E-state index in [1.807, 2.05) is 0 Å². The molecule has 0 aromatic carbocycles. The molecule has 0 spiro atoms. The lowest BCUT2D eigenvalue weighted by Gasteiger charge is -2.18. The summed E-state index contributed by atoms with van der Waals surface area (Å²) < 4.78 is 5.37. The van der Waals surface area contributed by atoms with Crippen molar-refractivity contribution in [3.05, 3.63) is 0 Å². The number of unbranched alkanes of at least 4 members (excludes halogenated alkanes) is 3. The standard InChI is InChI=1S/C19H41N7O3.3ClH/c1-2-29-18(17(28)24-14-8-10-15(21)9-7-12-20)26-16(27)11-5-3-4-6-13-25-19(22)23;;;/h15,18H,2-14,20-21H2,1H3,(H,24,28)(H,26,27)(H4,22,23,25);3*1H. The SMILES string of the molecule is CCOC(NC(=O)CCCCCCN=C(N)N)C(=O)NCCCC(N)CCCN.Cl.Cl.Cl. The molecule has 194 valence electrons. The Morgan fingerprint density at radius 2 is 1.59 bits per heavy atom. The van der Waals surface area contributed by atoms with E-state index in [0.29, 0.717) is 32.7 Å². The van der Waals surface area contributed by atoms with Crippen LogP contribution in [0.3, 0.4) is 0 Å². The topological polar surface area (TPSA) is 184 Å². The van der Waals surface area contributed by atoms with Crippen molar-refractivity contribution < 1.29 is 14.3 Å². The molecule has 0 aliphatic heterocycles. The lowest BCUT2D eigenvalue weighted by molar-refractivity contribution is -0.140. The van der Waals surface area contributed by atoms with Gasteiger partial charge in [-0.15, -0.1) is 37.2 Å². The van der Waals surface area contributed by atoms with Crippen LogP contribution >= 0.6 is 37.2 Å². The fourth-order valence-electron chi connectivity index (χ4n) is 2.72. The van der Waals surface area contributed by atoms with Crippen LogP contribution < -0.4 is 33.6 Å². The number of carbonyl (C=O) groups excluding carboxylic acids is 2. The molecule has 0 saturated heterocycles. The monoisotopic (exact) mass is 523 g/mol. The Morgan fingerprint density at radius 3 is 2.19 bits per heavy atom. The van der Waals surface area contributed by atoms with E-state index in [1.54, 1.807) is 6.92 Å². The normalized spacial score (nSPS) is 11.6. The molecule has 32 heavy (non-hydrogen) atoms. The molecule has 0 heterocycles. The molecule has 10 nitrogen and oxygen atoms in total. The zero-order valence-corrected chi connectivity index (χ0v) is 21.5. The highest BCUT2D eigenvalue weighted by Crippen LogP contribution is 2.04. The quantitative estimate of drug-likeness (QED) is 0.0666. The van der Waals surface area contributed by atoms with Crippen LogP contribution in [0.25, 0.3) is 0 Å². The summed E-state index contributed by atoms with van der Waals surface area (Å²) in [6.07, 6.45) is 6.18. The van der Waals surface area contributed by atoms with Crippen molar-refractivity contribution in [2.45, 2.75) is 77.0 Å². The van der Waals surface area contributed by atoms with Crippen LogP contribution in [0.1, 0.15) is 64.7 Å². The van der Waals surface area contributed by atoms with E-state index in [0.717, 1.165) is 51.4 Å². The number of carbonyl (C=O) groups is 2. The second kappa shape index (κ2) is 26.2. The maximum absolute atomic E-state index is 12.3. The maximum atomic E-state index is 12.3. The number of amides is 2. The molecule has 0 bridgehead atoms. The van der Waals surface area contributed by atoms with Gasteiger partial charge in [0.15, 0.2) is 5.96 Å². The number of nitrogens with zero attached hydrogens (tertiary/aromatic N) is 1. The van der Waals surface area contributed by atoms with Gasteiger partial charge >= 0.3 is 0 Å². The Bertz CT molecular complexity index is 485. The molecule has 0 aromatic rings. The molecule has 0 rings (SSSR count). The van der Waals surface area contributed by atoms with Gasteiger partial charge in [-0.3, -0.25) is 14.6 Å². The van der Waals surface area contributed by atoms with Crippen molar-refractivity contribution in [1.29, 1.82) is 0 Å². The maximum Gasteiger partial charge on any atom is 0.270 e. The Kier molecular flexibility index (Phi) is 31.3. The summed E-state index contributed by atoms with van der Waals surface area (Å²) in [6.45, 7) is 3.83. The summed E-state index contributed by atoms with van der Waals surface area (Å²) in [5.41, 5.74) is 22.0. The lowest BCUT2D eigenvalue weighted by atomic mass is 10.1. The van der Waals surface area contributed by atoms with Crippen LogP contribution in [0, 0.1) is 0 Å². The number of hydrogen-bond donors (Lipinski definition) is 6. The minimum absolute atomic E-state index is 0. The molecule has 0 aromatic heterocycles. The lowest BCUT2D eigenvalue weighted by Crippen LogP contribution is -2.48. The van der Waals surface area contributed by atoms with Gasteiger partial charge in [-0.1, -0.05) is 12.8 Å². The second-order valence-corrected chi connectivity index (χ2v) is 7.00. The Labute approximate surface area is 211 Å². The van der Waals surface area contributed by atoms with E-state index in [-0.39, 0.29) is 61.0 Å². The van der Waals surface area contributed by atoms with Gasteiger partial charge in [0.05, 0.1) is 0 Å². The summed E-state index contributed by atoms with van der Waals surface area (Å²) in [5, 5.41) is 5.44. The molecule has 10 N–H and O–H groups in total. The van der Waals surface area contributed by atoms with Crippen LogP contribution in [0.2, 0.25) is 0 Å². The molecule has 0 radical (unpaired) electrons. The number of halogens is 3. The molecule has 0 aliphatic rings. The molecule has 13 heteroatoms. The summed E-state index contributed by atoms with van der Waals surface area (Å²) >= 11 is 0. The third kappa shape index (κ3) is 23.6. The van der Waals surface area contributed by atoms with Crippen molar-refractivity contribution in [2.75, 3.05) is 26.2 Å². The van der Waals surface area contributed by atoms with Crippen molar-refractivity contribution in [3.63, 3.8) is 0 Å². The van der Waals surface area contributed by atoms with Crippen molar-refractivity contribution >= 4 is 55.0 Å². The molecule has 2 unspecified atom stereocenters. The van der Waals surface area contributed by atoms with E-state index >= 15 is 0 Å². The number of guanidine groups is 1. The first-order chi connectivity index (χ1) is 13.9. The number of hydrogen-bond acceptors (Lipinski definition) is 6. The predicted molar refractivity (Wildman–Crippen MR) is 138 cm³/mol. The fourth-order valence-corrected chi connectivity index (χ4v) is 2.72. The highest BCUT2D eigenvalue weighted by Gasteiger charge is 2.20. The van der Waals surface area contributed by atoms with Crippen LogP contribution in [-0.4, -0.2) is 56.3 Å². The number of aliphatic imine (C=N–C) groups is 1. The Balaban J connectivity index is -0.00000131. The molecule has 2 atom stereocenters. The van der Waals surface area contributed by atoms with Gasteiger partial charge in [0, 0.05) is 32.2 Å². The van der Waals surface area contributed by atoms with Gasteiger partial charge in [-0.25, -0.2) is 0 Å². The second-order valence-electron chi connectivity index (χ2n) is 7.00. The van der Waals surface area contributed by atoms with E-state index in [1.165, 1.54) is 0 Å². The van der Waals surface area contributed by atoms with Crippen LogP contribution in [0.5, 0.6) is 0 Å². The smallest absolute Gasteiger partial charge is 0.270 e. The van der Waals surface area contributed by atoms with Crippen LogP contribution in [0.15, 0.2) is 4.99 Å². The molecular weight excluding hydrogens is 481 g/mol. The highest BCUT2D eigenvalue weighted by molar-refractivity contribution is 5.86. The summed E-state index contributed by atoms with van der Waals surface area (Å²) in [5.74, 6) is -0.446. The number of ether oxygens (including phenoxy) is 1. The zero-order chi connectivity index (χ0) is 21.9. The Morgan fingerprint density at radius 1 is 0.969 bits per heavy atom. The first-order valence-corrected chi connectivity index (χ1v) is 10.6. The number of rotatable bonds is 18. The van der Waals surface area contributed by atoms with Gasteiger partial charge in [0.1, 0.15) is 0 Å². The van der Waals surface area contributed by atoms with E-state index < -0.39 is 6.23 Å². The minimum atomic E-state index is -0.972. The van der Waals surface area contributed by atoms with Gasteiger partial charge in [0.2, 0.25) is 12.1 Å². The van der Waals surface area contributed by atoms with Gasteiger partial charge in [-0.2, -0.15) is 0 Å². The largest absolute Gasteiger partial charge is 0.370 e. The number of nitrogens with one attached hydrogen (secondary N) is 2. The zero-order valence-electron chi connectivity index (χ0n) is 19.1. The molecule has 0 aliphatic carbocycles. The fraction of sp³-hybridized carbons (Fsp3) is 0.842. The third-order valence-electron chi connectivity index (χ3n) is 4.30. The predicted octanol–water partition coefficient (Wildman–Crippen LogP) is 0.917.